The number of hydrogen-bond acceptors (Lipinski definition) is 4. The van der Waals surface area contributed by atoms with E-state index in [1.54, 1.807) is 17.5 Å². The largest absolute Gasteiger partial charge is 0.394 e. The van der Waals surface area contributed by atoms with Crippen molar-refractivity contribution in [2.24, 2.45) is 0 Å². The molecule has 0 aliphatic carbocycles. The van der Waals surface area contributed by atoms with E-state index in [9.17, 15) is 4.79 Å². The quantitative estimate of drug-likeness (QED) is 0.912. The first-order valence-corrected chi connectivity index (χ1v) is 8.94. The molecule has 0 bridgehead atoms. The van der Waals surface area contributed by atoms with Gasteiger partial charge in [-0.15, -0.1) is 11.3 Å². The van der Waals surface area contributed by atoms with E-state index in [1.165, 1.54) is 10.6 Å². The van der Waals surface area contributed by atoms with Gasteiger partial charge in [0, 0.05) is 40.7 Å². The van der Waals surface area contributed by atoms with Gasteiger partial charge in [0.25, 0.3) is 0 Å². The summed E-state index contributed by atoms with van der Waals surface area (Å²) in [6.07, 6.45) is 4.24. The monoisotopic (exact) mass is 333 g/mol. The molecule has 1 aliphatic rings. The van der Waals surface area contributed by atoms with E-state index in [4.69, 9.17) is 5.11 Å². The predicted octanol–water partition coefficient (Wildman–Crippen LogP) is 2.19. The van der Waals surface area contributed by atoms with E-state index in [2.05, 4.69) is 24.2 Å². The Bertz CT molecular complexity index is 656. The summed E-state index contributed by atoms with van der Waals surface area (Å²) in [4.78, 5) is 16.8. The zero-order valence-corrected chi connectivity index (χ0v) is 14.3. The Labute approximate surface area is 140 Å². The van der Waals surface area contributed by atoms with Crippen molar-refractivity contribution >= 4 is 17.2 Å². The van der Waals surface area contributed by atoms with E-state index in [1.807, 2.05) is 15.6 Å². The summed E-state index contributed by atoms with van der Waals surface area (Å²) in [6, 6.07) is 6.16. The highest BCUT2D eigenvalue weighted by Crippen LogP contribution is 2.28. The van der Waals surface area contributed by atoms with E-state index in [0.717, 1.165) is 30.8 Å². The lowest BCUT2D eigenvalue weighted by atomic mass is 9.93. The van der Waals surface area contributed by atoms with Crippen LogP contribution < -0.4 is 0 Å². The van der Waals surface area contributed by atoms with Crippen LogP contribution in [0, 0.1) is 6.92 Å². The van der Waals surface area contributed by atoms with Crippen LogP contribution in [0.1, 0.15) is 34.2 Å². The number of aliphatic hydroxyl groups is 1. The van der Waals surface area contributed by atoms with Crippen molar-refractivity contribution in [3.8, 4) is 0 Å². The highest BCUT2D eigenvalue weighted by Gasteiger charge is 2.25. The molecule has 5 nitrogen and oxygen atoms in total. The third-order valence-electron chi connectivity index (χ3n) is 4.45. The normalized spacial score (nSPS) is 16.0. The molecule has 1 amide bonds. The average Bonchev–Trinajstić information content (AvgIpc) is 3.17. The van der Waals surface area contributed by atoms with Crippen LogP contribution in [0.5, 0.6) is 0 Å². The Morgan fingerprint density at radius 3 is 2.78 bits per heavy atom. The van der Waals surface area contributed by atoms with Gasteiger partial charge >= 0.3 is 0 Å². The molecule has 0 atom stereocenters. The van der Waals surface area contributed by atoms with E-state index in [0.29, 0.717) is 18.9 Å². The topological polar surface area (TPSA) is 58.4 Å². The summed E-state index contributed by atoms with van der Waals surface area (Å²) in [5, 5.41) is 13.4. The minimum absolute atomic E-state index is 0.103. The third-order valence-corrected chi connectivity index (χ3v) is 5.45. The molecular formula is C17H23N3O2S. The van der Waals surface area contributed by atoms with Crippen molar-refractivity contribution in [3.63, 3.8) is 0 Å². The maximum atomic E-state index is 12.4. The van der Waals surface area contributed by atoms with Crippen LogP contribution in [0.15, 0.2) is 24.4 Å². The highest BCUT2D eigenvalue weighted by molar-refractivity contribution is 7.12. The Balaban J connectivity index is 1.55. The molecule has 6 heteroatoms. The van der Waals surface area contributed by atoms with E-state index in [-0.39, 0.29) is 12.5 Å². The Kier molecular flexibility index (Phi) is 5.13. The number of thiophene rings is 1. The number of rotatable bonds is 5. The summed E-state index contributed by atoms with van der Waals surface area (Å²) in [5.74, 6) is 0.659. The SMILES string of the molecule is Cc1ccc(CC(=O)N2CCC(c3ccnn3CCO)CC2)s1. The number of piperidine rings is 1. The summed E-state index contributed by atoms with van der Waals surface area (Å²) < 4.78 is 1.89. The first kappa shape index (κ1) is 16.2. The van der Waals surface area contributed by atoms with Crippen LogP contribution in [-0.4, -0.2) is 45.4 Å². The number of amides is 1. The fraction of sp³-hybridized carbons (Fsp3) is 0.529. The molecule has 124 valence electrons. The minimum atomic E-state index is 0.103. The molecular weight excluding hydrogens is 310 g/mol. The Morgan fingerprint density at radius 2 is 2.13 bits per heavy atom. The van der Waals surface area contributed by atoms with Gasteiger partial charge in [0.05, 0.1) is 19.6 Å². The average molecular weight is 333 g/mol. The number of nitrogens with zero attached hydrogens (tertiary/aromatic N) is 3. The maximum absolute atomic E-state index is 12.4. The summed E-state index contributed by atoms with van der Waals surface area (Å²) in [7, 11) is 0. The van der Waals surface area contributed by atoms with Crippen molar-refractivity contribution in [2.75, 3.05) is 19.7 Å². The minimum Gasteiger partial charge on any atom is -0.394 e. The van der Waals surface area contributed by atoms with Gasteiger partial charge in [0.1, 0.15) is 0 Å². The van der Waals surface area contributed by atoms with E-state index < -0.39 is 0 Å². The van der Waals surface area contributed by atoms with Crippen molar-refractivity contribution in [2.45, 2.75) is 38.6 Å². The molecule has 1 N–H and O–H groups in total. The maximum Gasteiger partial charge on any atom is 0.227 e. The molecule has 1 aliphatic heterocycles. The van der Waals surface area contributed by atoms with Crippen LogP contribution in [0.2, 0.25) is 0 Å². The molecule has 1 fully saturated rings. The van der Waals surface area contributed by atoms with Crippen LogP contribution in [0.4, 0.5) is 0 Å². The lowest BCUT2D eigenvalue weighted by Crippen LogP contribution is -2.39. The molecule has 0 unspecified atom stereocenters. The molecule has 3 heterocycles. The van der Waals surface area contributed by atoms with Gasteiger partial charge in [-0.05, 0) is 38.0 Å². The third kappa shape index (κ3) is 3.82. The number of likely N-dealkylation sites (tertiary alicyclic amines) is 1. The van der Waals surface area contributed by atoms with Gasteiger partial charge < -0.3 is 10.0 Å². The van der Waals surface area contributed by atoms with Gasteiger partial charge in [0.15, 0.2) is 0 Å². The first-order chi connectivity index (χ1) is 11.2. The predicted molar refractivity (Wildman–Crippen MR) is 90.6 cm³/mol. The molecule has 0 spiro atoms. The fourth-order valence-corrected chi connectivity index (χ4v) is 4.12. The molecule has 2 aromatic heterocycles. The number of carbonyl (C=O) groups excluding carboxylic acids is 1. The Morgan fingerprint density at radius 1 is 1.35 bits per heavy atom. The number of aliphatic hydroxyl groups excluding tert-OH is 1. The zero-order chi connectivity index (χ0) is 16.2. The van der Waals surface area contributed by atoms with Crippen LogP contribution in [0.3, 0.4) is 0 Å². The second-order valence-corrected chi connectivity index (χ2v) is 7.42. The van der Waals surface area contributed by atoms with Gasteiger partial charge in [0.2, 0.25) is 5.91 Å². The van der Waals surface area contributed by atoms with E-state index >= 15 is 0 Å². The van der Waals surface area contributed by atoms with Crippen LogP contribution >= 0.6 is 11.3 Å². The lowest BCUT2D eigenvalue weighted by Gasteiger charge is -2.32. The zero-order valence-electron chi connectivity index (χ0n) is 13.4. The highest BCUT2D eigenvalue weighted by atomic mass is 32.1. The molecule has 2 aromatic rings. The number of carbonyl (C=O) groups is 1. The van der Waals surface area contributed by atoms with Crippen LogP contribution in [-0.2, 0) is 17.8 Å². The number of aryl methyl sites for hydroxylation is 1. The van der Waals surface area contributed by atoms with Gasteiger partial charge in [-0.1, -0.05) is 0 Å². The molecule has 1 saturated heterocycles. The standard InChI is InChI=1S/C17H23N3O2S/c1-13-2-3-15(23-13)12-17(22)19-8-5-14(6-9-19)16-4-7-18-20(16)10-11-21/h2-4,7,14,21H,5-6,8-12H2,1H3. The smallest absolute Gasteiger partial charge is 0.227 e. The summed E-state index contributed by atoms with van der Waals surface area (Å²) in [6.45, 7) is 4.32. The number of hydrogen-bond donors (Lipinski definition) is 1. The van der Waals surface area contributed by atoms with Crippen molar-refractivity contribution in [3.05, 3.63) is 39.8 Å². The van der Waals surface area contributed by atoms with Crippen LogP contribution in [0.25, 0.3) is 0 Å². The molecule has 0 saturated carbocycles. The van der Waals surface area contributed by atoms with Gasteiger partial charge in [-0.3, -0.25) is 9.48 Å². The van der Waals surface area contributed by atoms with Crippen molar-refractivity contribution in [1.29, 1.82) is 0 Å². The number of aromatic nitrogens is 2. The second kappa shape index (κ2) is 7.27. The van der Waals surface area contributed by atoms with Crippen molar-refractivity contribution in [1.82, 2.24) is 14.7 Å². The lowest BCUT2D eigenvalue weighted by molar-refractivity contribution is -0.131. The molecule has 3 rings (SSSR count). The second-order valence-electron chi connectivity index (χ2n) is 6.05. The summed E-state index contributed by atoms with van der Waals surface area (Å²) >= 11 is 1.70. The molecule has 0 radical (unpaired) electrons. The molecule has 23 heavy (non-hydrogen) atoms. The fourth-order valence-electron chi connectivity index (χ4n) is 3.24. The first-order valence-electron chi connectivity index (χ1n) is 8.13. The van der Waals surface area contributed by atoms with Crippen molar-refractivity contribution < 1.29 is 9.90 Å². The Hall–Kier alpha value is -1.66. The van der Waals surface area contributed by atoms with Gasteiger partial charge in [-0.2, -0.15) is 5.10 Å². The summed E-state index contributed by atoms with van der Waals surface area (Å²) in [5.41, 5.74) is 1.18. The molecule has 0 aromatic carbocycles. The van der Waals surface area contributed by atoms with Gasteiger partial charge in [-0.25, -0.2) is 0 Å².